The Morgan fingerprint density at radius 1 is 1.11 bits per heavy atom. The number of hydrogen-bond acceptors (Lipinski definition) is 6. The van der Waals surface area contributed by atoms with Gasteiger partial charge in [0.05, 0.1) is 30.9 Å². The van der Waals surface area contributed by atoms with E-state index >= 15 is 0 Å². The summed E-state index contributed by atoms with van der Waals surface area (Å²) in [7, 11) is -2.21. The van der Waals surface area contributed by atoms with Gasteiger partial charge in [-0.2, -0.15) is 13.5 Å². The molecule has 2 aromatic rings. The lowest BCUT2D eigenvalue weighted by Gasteiger charge is -2.13. The van der Waals surface area contributed by atoms with Gasteiger partial charge in [0, 0.05) is 0 Å². The zero-order valence-electron chi connectivity index (χ0n) is 15.8. The van der Waals surface area contributed by atoms with Crippen molar-refractivity contribution in [2.75, 3.05) is 13.7 Å². The highest BCUT2D eigenvalue weighted by atomic mass is 32.2. The smallest absolute Gasteiger partial charge is 0.276 e. The molecule has 0 aromatic heterocycles. The molecule has 0 unspecified atom stereocenters. The third-order valence-corrected chi connectivity index (χ3v) is 4.62. The molecule has 0 aliphatic rings. The number of sulfonamides is 1. The maximum absolute atomic E-state index is 12.3. The first kappa shape index (κ1) is 20.6. The van der Waals surface area contributed by atoms with Crippen molar-refractivity contribution in [2.45, 2.75) is 31.8 Å². The van der Waals surface area contributed by atoms with Gasteiger partial charge in [0.2, 0.25) is 0 Å². The highest BCUT2D eigenvalue weighted by molar-refractivity contribution is 7.89. The summed E-state index contributed by atoms with van der Waals surface area (Å²) < 4.78 is 40.8. The molecule has 8 heteroatoms. The van der Waals surface area contributed by atoms with Crippen LogP contribution < -0.4 is 19.0 Å². The van der Waals surface area contributed by atoms with Crippen molar-refractivity contribution in [2.24, 2.45) is 5.10 Å². The van der Waals surface area contributed by atoms with Crippen LogP contribution in [0.1, 0.15) is 26.3 Å². The second-order valence-electron chi connectivity index (χ2n) is 5.83. The molecule has 2 rings (SSSR count). The number of nitrogens with one attached hydrogen (secondary N) is 1. The second kappa shape index (κ2) is 9.27. The molecule has 0 aliphatic heterocycles. The molecule has 146 valence electrons. The summed E-state index contributed by atoms with van der Waals surface area (Å²) in [5, 5.41) is 3.83. The van der Waals surface area contributed by atoms with E-state index < -0.39 is 10.0 Å². The summed E-state index contributed by atoms with van der Waals surface area (Å²) >= 11 is 0. The minimum atomic E-state index is -3.76. The summed E-state index contributed by atoms with van der Waals surface area (Å²) in [4.78, 5) is 2.29. The van der Waals surface area contributed by atoms with Gasteiger partial charge in [0.15, 0.2) is 11.5 Å². The van der Waals surface area contributed by atoms with Gasteiger partial charge in [-0.05, 0) is 68.8 Å². The van der Waals surface area contributed by atoms with Crippen LogP contribution in [0.5, 0.6) is 17.2 Å². The van der Waals surface area contributed by atoms with E-state index in [1.54, 1.807) is 37.4 Å². The van der Waals surface area contributed by atoms with Crippen molar-refractivity contribution < 1.29 is 22.6 Å². The average molecular weight is 392 g/mol. The first-order valence-corrected chi connectivity index (χ1v) is 9.96. The van der Waals surface area contributed by atoms with Crippen molar-refractivity contribution in [3.63, 3.8) is 0 Å². The van der Waals surface area contributed by atoms with E-state index in [2.05, 4.69) is 9.93 Å². The Balaban J connectivity index is 2.11. The molecule has 7 nitrogen and oxygen atoms in total. The third-order valence-electron chi connectivity index (χ3n) is 3.38. The lowest BCUT2D eigenvalue weighted by molar-refractivity contribution is 0.230. The number of nitrogens with zero attached hydrogens (tertiary/aromatic N) is 1. The standard InChI is InChI=1S/C19H24N2O5S/c1-5-25-16-7-9-17(10-8-16)27(22,23)21-20-13-15-6-11-18(24-4)19(12-15)26-14(2)3/h6-14,21H,5H2,1-4H3/b20-13+. The number of hydrazone groups is 1. The molecule has 0 fully saturated rings. The monoisotopic (exact) mass is 392 g/mol. The van der Waals surface area contributed by atoms with Crippen LogP contribution in [0.4, 0.5) is 0 Å². The van der Waals surface area contributed by atoms with Gasteiger partial charge >= 0.3 is 0 Å². The Bertz CT molecular complexity index is 877. The van der Waals surface area contributed by atoms with Gasteiger partial charge in [-0.25, -0.2) is 4.83 Å². The van der Waals surface area contributed by atoms with E-state index in [-0.39, 0.29) is 11.0 Å². The van der Waals surface area contributed by atoms with Crippen LogP contribution >= 0.6 is 0 Å². The molecule has 0 atom stereocenters. The molecule has 0 heterocycles. The van der Waals surface area contributed by atoms with Crippen LogP contribution in [0.25, 0.3) is 0 Å². The van der Waals surface area contributed by atoms with Crippen LogP contribution in [0.2, 0.25) is 0 Å². The second-order valence-corrected chi connectivity index (χ2v) is 7.50. The first-order chi connectivity index (χ1) is 12.9. The number of benzene rings is 2. The molecule has 0 bridgehead atoms. The van der Waals surface area contributed by atoms with Gasteiger partial charge in [-0.3, -0.25) is 0 Å². The molecule has 0 spiro atoms. The Morgan fingerprint density at radius 3 is 2.41 bits per heavy atom. The predicted octanol–water partition coefficient (Wildman–Crippen LogP) is 3.19. The molecule has 0 radical (unpaired) electrons. The van der Waals surface area contributed by atoms with Crippen LogP contribution in [0.3, 0.4) is 0 Å². The quantitative estimate of drug-likeness (QED) is 0.523. The first-order valence-electron chi connectivity index (χ1n) is 8.48. The molecule has 1 N–H and O–H groups in total. The van der Waals surface area contributed by atoms with E-state index in [1.165, 1.54) is 18.3 Å². The van der Waals surface area contributed by atoms with E-state index in [4.69, 9.17) is 14.2 Å². The van der Waals surface area contributed by atoms with Crippen molar-refractivity contribution >= 4 is 16.2 Å². The Kier molecular flexibility index (Phi) is 7.06. The minimum Gasteiger partial charge on any atom is -0.494 e. The Labute approximate surface area is 160 Å². The largest absolute Gasteiger partial charge is 0.494 e. The SMILES string of the molecule is CCOc1ccc(S(=O)(=O)N/N=C/c2ccc(OC)c(OC(C)C)c2)cc1. The van der Waals surface area contributed by atoms with E-state index in [1.807, 2.05) is 20.8 Å². The zero-order valence-corrected chi connectivity index (χ0v) is 16.6. The van der Waals surface area contributed by atoms with Crippen LogP contribution in [0.15, 0.2) is 52.5 Å². The molecule has 0 saturated heterocycles. The number of methoxy groups -OCH3 is 1. The maximum atomic E-state index is 12.3. The Morgan fingerprint density at radius 2 is 1.81 bits per heavy atom. The molecular formula is C19H24N2O5S. The molecule has 0 saturated carbocycles. The van der Waals surface area contributed by atoms with Crippen LogP contribution in [-0.4, -0.2) is 34.5 Å². The van der Waals surface area contributed by atoms with Crippen molar-refractivity contribution in [3.05, 3.63) is 48.0 Å². The van der Waals surface area contributed by atoms with Gasteiger partial charge in [-0.1, -0.05) is 0 Å². The van der Waals surface area contributed by atoms with E-state index in [9.17, 15) is 8.42 Å². The topological polar surface area (TPSA) is 86.2 Å². The molecule has 0 amide bonds. The summed E-state index contributed by atoms with van der Waals surface area (Å²) in [6.45, 7) is 6.19. The van der Waals surface area contributed by atoms with Crippen LogP contribution in [0, 0.1) is 0 Å². The number of ether oxygens (including phenoxy) is 3. The van der Waals surface area contributed by atoms with Gasteiger partial charge in [0.1, 0.15) is 5.75 Å². The van der Waals surface area contributed by atoms with Crippen molar-refractivity contribution in [1.29, 1.82) is 0 Å². The number of hydrogen-bond donors (Lipinski definition) is 1. The van der Waals surface area contributed by atoms with E-state index in [0.29, 0.717) is 29.4 Å². The minimum absolute atomic E-state index is 0.0238. The molecular weight excluding hydrogens is 368 g/mol. The molecule has 27 heavy (non-hydrogen) atoms. The third kappa shape index (κ3) is 5.89. The molecule has 0 aliphatic carbocycles. The fraction of sp³-hybridized carbons (Fsp3) is 0.316. The van der Waals surface area contributed by atoms with Gasteiger partial charge in [-0.15, -0.1) is 0 Å². The lowest BCUT2D eigenvalue weighted by atomic mass is 10.2. The van der Waals surface area contributed by atoms with Crippen molar-refractivity contribution in [3.8, 4) is 17.2 Å². The lowest BCUT2D eigenvalue weighted by Crippen LogP contribution is -2.18. The fourth-order valence-electron chi connectivity index (χ4n) is 2.22. The van der Waals surface area contributed by atoms with Gasteiger partial charge < -0.3 is 14.2 Å². The summed E-state index contributed by atoms with van der Waals surface area (Å²) in [6.07, 6.45) is 1.38. The molecule has 2 aromatic carbocycles. The highest BCUT2D eigenvalue weighted by Crippen LogP contribution is 2.28. The average Bonchev–Trinajstić information content (AvgIpc) is 2.62. The van der Waals surface area contributed by atoms with Crippen LogP contribution in [-0.2, 0) is 10.0 Å². The summed E-state index contributed by atoms with van der Waals surface area (Å²) in [6, 6.07) is 11.3. The Hall–Kier alpha value is -2.74. The zero-order chi connectivity index (χ0) is 19.9. The fourth-order valence-corrected chi connectivity index (χ4v) is 3.02. The normalized spacial score (nSPS) is 11.6. The predicted molar refractivity (Wildman–Crippen MR) is 104 cm³/mol. The summed E-state index contributed by atoms with van der Waals surface area (Å²) in [5.41, 5.74) is 0.667. The van der Waals surface area contributed by atoms with Crippen molar-refractivity contribution in [1.82, 2.24) is 4.83 Å². The maximum Gasteiger partial charge on any atom is 0.276 e. The van der Waals surface area contributed by atoms with E-state index in [0.717, 1.165) is 0 Å². The highest BCUT2D eigenvalue weighted by Gasteiger charge is 2.13. The summed E-state index contributed by atoms with van der Waals surface area (Å²) in [5.74, 6) is 1.76. The number of rotatable bonds is 9. The van der Waals surface area contributed by atoms with Gasteiger partial charge in [0.25, 0.3) is 10.0 Å².